The van der Waals surface area contributed by atoms with Crippen LogP contribution in [0.25, 0.3) is 0 Å². The summed E-state index contributed by atoms with van der Waals surface area (Å²) >= 11 is 1.45. The van der Waals surface area contributed by atoms with Crippen molar-refractivity contribution >= 4 is 22.5 Å². The molecule has 1 heterocycles. The molecule has 0 unspecified atom stereocenters. The molecule has 0 bridgehead atoms. The highest BCUT2D eigenvalue weighted by atomic mass is 32.1. The van der Waals surface area contributed by atoms with Crippen molar-refractivity contribution in [2.75, 3.05) is 5.32 Å². The summed E-state index contributed by atoms with van der Waals surface area (Å²) in [6, 6.07) is -0.0770. The molecule has 0 radical (unpaired) electrons. The molecule has 0 aliphatic heterocycles. The number of thiazole rings is 1. The molecular formula is C11H19N3OS. The number of carbonyl (C=O) groups is 1. The van der Waals surface area contributed by atoms with Crippen LogP contribution in [0.2, 0.25) is 0 Å². The van der Waals surface area contributed by atoms with Crippen LogP contribution in [-0.4, -0.2) is 17.1 Å². The number of carbonyl (C=O) groups excluding carboxylic acids is 1. The fourth-order valence-electron chi connectivity index (χ4n) is 1.07. The van der Waals surface area contributed by atoms with Crippen LogP contribution in [0.1, 0.15) is 40.3 Å². The largest absolute Gasteiger partial charge is 0.336 e. The van der Waals surface area contributed by atoms with Gasteiger partial charge in [-0.25, -0.2) is 9.78 Å². The average Bonchev–Trinajstić information content (AvgIpc) is 2.49. The fraction of sp³-hybridized carbons (Fsp3) is 0.636. The van der Waals surface area contributed by atoms with Gasteiger partial charge >= 0.3 is 6.03 Å². The zero-order chi connectivity index (χ0) is 12.3. The molecule has 0 fully saturated rings. The zero-order valence-electron chi connectivity index (χ0n) is 10.4. The first-order chi connectivity index (χ1) is 7.29. The van der Waals surface area contributed by atoms with Crippen LogP contribution in [0, 0.1) is 0 Å². The van der Waals surface area contributed by atoms with Gasteiger partial charge in [0.1, 0.15) is 0 Å². The van der Waals surface area contributed by atoms with Crippen LogP contribution in [0.3, 0.4) is 0 Å². The van der Waals surface area contributed by atoms with E-state index in [9.17, 15) is 4.79 Å². The van der Waals surface area contributed by atoms with Crippen molar-refractivity contribution in [1.82, 2.24) is 10.3 Å². The number of anilines is 1. The Morgan fingerprint density at radius 3 is 2.50 bits per heavy atom. The molecule has 0 saturated carbocycles. The molecule has 0 aliphatic rings. The van der Waals surface area contributed by atoms with Gasteiger partial charge in [0.15, 0.2) is 5.13 Å². The number of urea groups is 1. The quantitative estimate of drug-likeness (QED) is 0.836. The molecule has 1 rings (SSSR count). The third kappa shape index (κ3) is 3.81. The van der Waals surface area contributed by atoms with E-state index < -0.39 is 0 Å². The van der Waals surface area contributed by atoms with E-state index in [2.05, 4.69) is 36.4 Å². The third-order valence-corrected chi connectivity index (χ3v) is 2.67. The normalized spacial score (nSPS) is 11.6. The summed E-state index contributed by atoms with van der Waals surface area (Å²) < 4.78 is 0. The lowest BCUT2D eigenvalue weighted by Gasteiger charge is -2.14. The number of nitrogens with zero attached hydrogens (tertiary/aromatic N) is 1. The summed E-state index contributed by atoms with van der Waals surface area (Å²) in [6.45, 7) is 10.1. The van der Waals surface area contributed by atoms with Gasteiger partial charge in [0.25, 0.3) is 0 Å². The van der Waals surface area contributed by atoms with E-state index in [1.54, 1.807) is 0 Å². The van der Waals surface area contributed by atoms with E-state index in [0.717, 1.165) is 5.69 Å². The van der Waals surface area contributed by atoms with Crippen molar-refractivity contribution in [3.05, 3.63) is 11.1 Å². The Morgan fingerprint density at radius 2 is 2.06 bits per heavy atom. The average molecular weight is 241 g/mol. The Kier molecular flexibility index (Phi) is 3.91. The molecule has 0 spiro atoms. The molecule has 2 amide bonds. The minimum Gasteiger partial charge on any atom is -0.336 e. The number of hydrogen-bond acceptors (Lipinski definition) is 3. The topological polar surface area (TPSA) is 54.0 Å². The van der Waals surface area contributed by atoms with Gasteiger partial charge in [-0.15, -0.1) is 11.3 Å². The molecule has 90 valence electrons. The van der Waals surface area contributed by atoms with Gasteiger partial charge in [-0.05, 0) is 13.8 Å². The SMILES string of the molecule is CC(C)NC(=O)Nc1nc(C(C)(C)C)cs1. The lowest BCUT2D eigenvalue weighted by molar-refractivity contribution is 0.250. The predicted molar refractivity (Wildman–Crippen MR) is 68.1 cm³/mol. The Bertz CT molecular complexity index is 366. The van der Waals surface area contributed by atoms with Crippen LogP contribution >= 0.6 is 11.3 Å². The molecule has 5 heteroatoms. The summed E-state index contributed by atoms with van der Waals surface area (Å²) in [5, 5.41) is 8.10. The highest BCUT2D eigenvalue weighted by Crippen LogP contribution is 2.26. The maximum atomic E-state index is 11.4. The molecule has 4 nitrogen and oxygen atoms in total. The Labute approximate surface area is 100 Å². The lowest BCUT2D eigenvalue weighted by Crippen LogP contribution is -2.34. The second-order valence-corrected chi connectivity index (χ2v) is 5.90. The molecule has 16 heavy (non-hydrogen) atoms. The zero-order valence-corrected chi connectivity index (χ0v) is 11.2. The molecular weight excluding hydrogens is 222 g/mol. The number of aromatic nitrogens is 1. The van der Waals surface area contributed by atoms with Crippen LogP contribution in [0.5, 0.6) is 0 Å². The lowest BCUT2D eigenvalue weighted by atomic mass is 9.93. The van der Waals surface area contributed by atoms with Gasteiger partial charge in [-0.2, -0.15) is 0 Å². The summed E-state index contributed by atoms with van der Waals surface area (Å²) in [4.78, 5) is 15.8. The van der Waals surface area contributed by atoms with Crippen LogP contribution in [0.15, 0.2) is 5.38 Å². The summed E-state index contributed by atoms with van der Waals surface area (Å²) in [7, 11) is 0. The maximum absolute atomic E-state index is 11.4. The minimum atomic E-state index is -0.204. The van der Waals surface area contributed by atoms with E-state index in [-0.39, 0.29) is 17.5 Å². The van der Waals surface area contributed by atoms with E-state index >= 15 is 0 Å². The highest BCUT2D eigenvalue weighted by molar-refractivity contribution is 7.13. The minimum absolute atomic E-state index is 0.0188. The Morgan fingerprint density at radius 1 is 1.44 bits per heavy atom. The van der Waals surface area contributed by atoms with Crippen molar-refractivity contribution < 1.29 is 4.79 Å². The van der Waals surface area contributed by atoms with E-state index in [1.165, 1.54) is 11.3 Å². The van der Waals surface area contributed by atoms with Gasteiger partial charge in [0.2, 0.25) is 0 Å². The van der Waals surface area contributed by atoms with Gasteiger partial charge < -0.3 is 5.32 Å². The third-order valence-electron chi connectivity index (χ3n) is 1.91. The van der Waals surface area contributed by atoms with Crippen LogP contribution in [0.4, 0.5) is 9.93 Å². The fourth-order valence-corrected chi connectivity index (χ4v) is 2.00. The van der Waals surface area contributed by atoms with Gasteiger partial charge in [0, 0.05) is 16.8 Å². The van der Waals surface area contributed by atoms with Gasteiger partial charge in [0.05, 0.1) is 5.69 Å². The molecule has 0 aliphatic carbocycles. The van der Waals surface area contributed by atoms with Crippen LogP contribution in [-0.2, 0) is 5.41 Å². The van der Waals surface area contributed by atoms with Crippen molar-refractivity contribution in [2.24, 2.45) is 0 Å². The number of nitrogens with one attached hydrogen (secondary N) is 2. The second kappa shape index (κ2) is 4.82. The van der Waals surface area contributed by atoms with Crippen molar-refractivity contribution in [1.29, 1.82) is 0 Å². The first kappa shape index (κ1) is 13.0. The molecule has 2 N–H and O–H groups in total. The molecule has 0 aromatic carbocycles. The van der Waals surface area contributed by atoms with E-state index in [1.807, 2.05) is 19.2 Å². The Balaban J connectivity index is 2.62. The van der Waals surface area contributed by atoms with Gasteiger partial charge in [-0.3, -0.25) is 5.32 Å². The number of hydrogen-bond donors (Lipinski definition) is 2. The van der Waals surface area contributed by atoms with E-state index in [4.69, 9.17) is 0 Å². The number of amides is 2. The first-order valence-corrected chi connectivity index (χ1v) is 6.20. The molecule has 1 aromatic heterocycles. The maximum Gasteiger partial charge on any atom is 0.321 e. The molecule has 0 atom stereocenters. The number of rotatable bonds is 2. The first-order valence-electron chi connectivity index (χ1n) is 5.32. The van der Waals surface area contributed by atoms with E-state index in [0.29, 0.717) is 5.13 Å². The van der Waals surface area contributed by atoms with Crippen LogP contribution < -0.4 is 10.6 Å². The van der Waals surface area contributed by atoms with Crippen molar-refractivity contribution in [3.8, 4) is 0 Å². The summed E-state index contributed by atoms with van der Waals surface area (Å²) in [6.07, 6.45) is 0. The van der Waals surface area contributed by atoms with Crippen molar-refractivity contribution in [3.63, 3.8) is 0 Å². The highest BCUT2D eigenvalue weighted by Gasteiger charge is 2.18. The summed E-state index contributed by atoms with van der Waals surface area (Å²) in [5.74, 6) is 0. The summed E-state index contributed by atoms with van der Waals surface area (Å²) in [5.41, 5.74) is 1.02. The van der Waals surface area contributed by atoms with Crippen molar-refractivity contribution in [2.45, 2.75) is 46.1 Å². The smallest absolute Gasteiger partial charge is 0.321 e. The molecule has 0 saturated heterocycles. The standard InChI is InChI=1S/C11H19N3OS/c1-7(2)12-9(15)14-10-13-8(6-16-10)11(3,4)5/h6-7H,1-5H3,(H2,12,13,14,15). The monoisotopic (exact) mass is 241 g/mol. The second-order valence-electron chi connectivity index (χ2n) is 5.04. The predicted octanol–water partition coefficient (Wildman–Crippen LogP) is 2.97. The Hall–Kier alpha value is -1.10. The van der Waals surface area contributed by atoms with Gasteiger partial charge in [-0.1, -0.05) is 20.8 Å². The molecule has 1 aromatic rings.